The molecule has 1 aliphatic carbocycles. The van der Waals surface area contributed by atoms with Gasteiger partial charge in [-0.05, 0) is 19.3 Å². The number of hydroxylamine groups is 1. The lowest BCUT2D eigenvalue weighted by Gasteiger charge is -2.37. The van der Waals surface area contributed by atoms with Crippen molar-refractivity contribution in [1.82, 2.24) is 10.8 Å². The third-order valence-corrected chi connectivity index (χ3v) is 2.94. The van der Waals surface area contributed by atoms with Crippen LogP contribution in [0, 0.1) is 0 Å². The Hall–Kier alpha value is -1.14. The van der Waals surface area contributed by atoms with Gasteiger partial charge in [-0.3, -0.25) is 14.4 Å². The van der Waals surface area contributed by atoms with E-state index in [4.69, 9.17) is 10.6 Å². The second kappa shape index (κ2) is 3.79. The van der Waals surface area contributed by atoms with Crippen LogP contribution in [0.1, 0.15) is 25.7 Å². The predicted octanol–water partition coefficient (Wildman–Crippen LogP) is -1.20. The van der Waals surface area contributed by atoms with Gasteiger partial charge in [0.15, 0.2) is 0 Å². The Morgan fingerprint density at radius 3 is 2.87 bits per heavy atom. The van der Waals surface area contributed by atoms with Crippen molar-refractivity contribution in [3.63, 3.8) is 0 Å². The Bertz CT molecular complexity index is 288. The van der Waals surface area contributed by atoms with E-state index >= 15 is 0 Å². The first-order valence-corrected chi connectivity index (χ1v) is 5.09. The maximum absolute atomic E-state index is 11.5. The molecular formula is C9H15N3O3. The summed E-state index contributed by atoms with van der Waals surface area (Å²) in [5, 5.41) is 2.60. The number of hydrogen-bond donors (Lipinski definition) is 3. The third kappa shape index (κ3) is 2.27. The standard InChI is InChI=1S/C9H15N3O3/c10-9(2-1-3-9)4-7(13)11-6-5-15-12-8(6)14/h6H,1-5,10H2,(H,11,13)(H,12,14)/t6-/m1/s1. The molecule has 2 fully saturated rings. The van der Waals surface area contributed by atoms with Gasteiger partial charge in [0, 0.05) is 12.0 Å². The molecule has 1 saturated carbocycles. The van der Waals surface area contributed by atoms with Gasteiger partial charge in [-0.2, -0.15) is 0 Å². The van der Waals surface area contributed by atoms with Crippen LogP contribution in [-0.2, 0) is 14.4 Å². The summed E-state index contributed by atoms with van der Waals surface area (Å²) in [6.07, 6.45) is 3.13. The first-order valence-electron chi connectivity index (χ1n) is 5.09. The minimum absolute atomic E-state index is 0.178. The fourth-order valence-corrected chi connectivity index (χ4v) is 1.82. The largest absolute Gasteiger partial charge is 0.342 e. The Morgan fingerprint density at radius 1 is 1.67 bits per heavy atom. The molecule has 1 saturated heterocycles. The molecule has 0 unspecified atom stereocenters. The highest BCUT2D eigenvalue weighted by molar-refractivity contribution is 5.88. The van der Waals surface area contributed by atoms with Gasteiger partial charge in [0.25, 0.3) is 5.91 Å². The molecule has 0 bridgehead atoms. The molecule has 2 amide bonds. The van der Waals surface area contributed by atoms with E-state index in [9.17, 15) is 9.59 Å². The molecule has 1 atom stereocenters. The van der Waals surface area contributed by atoms with Crippen molar-refractivity contribution in [2.24, 2.45) is 5.73 Å². The van der Waals surface area contributed by atoms with Gasteiger partial charge in [-0.25, -0.2) is 5.48 Å². The third-order valence-electron chi connectivity index (χ3n) is 2.94. The van der Waals surface area contributed by atoms with Crippen LogP contribution in [0.2, 0.25) is 0 Å². The van der Waals surface area contributed by atoms with Crippen molar-refractivity contribution < 1.29 is 14.4 Å². The van der Waals surface area contributed by atoms with Gasteiger partial charge in [0.1, 0.15) is 12.6 Å². The highest BCUT2D eigenvalue weighted by Crippen LogP contribution is 2.31. The van der Waals surface area contributed by atoms with E-state index in [1.54, 1.807) is 0 Å². The Labute approximate surface area is 87.5 Å². The average molecular weight is 213 g/mol. The quantitative estimate of drug-likeness (QED) is 0.549. The highest BCUT2D eigenvalue weighted by atomic mass is 16.7. The molecule has 0 aromatic carbocycles. The van der Waals surface area contributed by atoms with Crippen LogP contribution in [0.15, 0.2) is 0 Å². The predicted molar refractivity (Wildman–Crippen MR) is 51.4 cm³/mol. The topological polar surface area (TPSA) is 93.5 Å². The molecule has 0 aromatic rings. The zero-order chi connectivity index (χ0) is 10.9. The van der Waals surface area contributed by atoms with Crippen molar-refractivity contribution in [2.45, 2.75) is 37.3 Å². The van der Waals surface area contributed by atoms with Crippen LogP contribution >= 0.6 is 0 Å². The summed E-state index contributed by atoms with van der Waals surface area (Å²) in [6, 6.07) is -0.568. The first-order chi connectivity index (χ1) is 7.09. The number of rotatable bonds is 3. The summed E-state index contributed by atoms with van der Waals surface area (Å²) < 4.78 is 0. The normalized spacial score (nSPS) is 28.1. The second-order valence-electron chi connectivity index (χ2n) is 4.29. The van der Waals surface area contributed by atoms with E-state index in [-0.39, 0.29) is 30.4 Å². The molecule has 0 spiro atoms. The lowest BCUT2D eigenvalue weighted by Crippen LogP contribution is -2.52. The van der Waals surface area contributed by atoms with Gasteiger partial charge in [0.05, 0.1) is 0 Å². The second-order valence-corrected chi connectivity index (χ2v) is 4.29. The molecule has 2 aliphatic rings. The van der Waals surface area contributed by atoms with E-state index in [2.05, 4.69) is 10.8 Å². The zero-order valence-corrected chi connectivity index (χ0v) is 8.41. The van der Waals surface area contributed by atoms with Crippen molar-refractivity contribution in [2.75, 3.05) is 6.61 Å². The van der Waals surface area contributed by atoms with E-state index < -0.39 is 6.04 Å². The van der Waals surface area contributed by atoms with Crippen LogP contribution in [0.5, 0.6) is 0 Å². The molecule has 2 rings (SSSR count). The van der Waals surface area contributed by atoms with Crippen LogP contribution in [-0.4, -0.2) is 30.0 Å². The number of nitrogens with one attached hydrogen (secondary N) is 2. The summed E-state index contributed by atoms with van der Waals surface area (Å²) in [5.74, 6) is -0.481. The lowest BCUT2D eigenvalue weighted by atomic mass is 9.75. The van der Waals surface area contributed by atoms with Crippen molar-refractivity contribution in [3.05, 3.63) is 0 Å². The van der Waals surface area contributed by atoms with Crippen LogP contribution in [0.4, 0.5) is 0 Å². The maximum atomic E-state index is 11.5. The smallest absolute Gasteiger partial charge is 0.268 e. The molecular weight excluding hydrogens is 198 g/mol. The Morgan fingerprint density at radius 2 is 2.40 bits per heavy atom. The molecule has 1 heterocycles. The SMILES string of the molecule is NC1(CC(=O)N[C@@H]2CONC2=O)CCC1. The first kappa shape index (κ1) is 10.4. The lowest BCUT2D eigenvalue weighted by molar-refractivity contribution is -0.129. The van der Waals surface area contributed by atoms with Gasteiger partial charge in [-0.15, -0.1) is 0 Å². The Balaban J connectivity index is 1.79. The van der Waals surface area contributed by atoms with E-state index in [1.807, 2.05) is 0 Å². The fraction of sp³-hybridized carbons (Fsp3) is 0.778. The highest BCUT2D eigenvalue weighted by Gasteiger charge is 2.36. The molecule has 0 radical (unpaired) electrons. The zero-order valence-electron chi connectivity index (χ0n) is 8.41. The van der Waals surface area contributed by atoms with Crippen molar-refractivity contribution in [3.8, 4) is 0 Å². The van der Waals surface area contributed by atoms with E-state index in [0.29, 0.717) is 0 Å². The van der Waals surface area contributed by atoms with Gasteiger partial charge in [0.2, 0.25) is 5.91 Å². The number of nitrogens with two attached hydrogens (primary N) is 1. The summed E-state index contributed by atoms with van der Waals surface area (Å²) in [7, 11) is 0. The molecule has 4 N–H and O–H groups in total. The maximum Gasteiger partial charge on any atom is 0.268 e. The number of hydrogen-bond acceptors (Lipinski definition) is 4. The molecule has 84 valence electrons. The monoisotopic (exact) mass is 213 g/mol. The van der Waals surface area contributed by atoms with Gasteiger partial charge < -0.3 is 11.1 Å². The minimum Gasteiger partial charge on any atom is -0.342 e. The van der Waals surface area contributed by atoms with Gasteiger partial charge >= 0.3 is 0 Å². The van der Waals surface area contributed by atoms with Crippen LogP contribution < -0.4 is 16.5 Å². The number of carbonyl (C=O) groups is 2. The Kier molecular flexibility index (Phi) is 2.62. The van der Waals surface area contributed by atoms with Crippen LogP contribution in [0.3, 0.4) is 0 Å². The molecule has 6 nitrogen and oxygen atoms in total. The van der Waals surface area contributed by atoms with Crippen molar-refractivity contribution >= 4 is 11.8 Å². The number of amides is 2. The molecule has 15 heavy (non-hydrogen) atoms. The molecule has 1 aliphatic heterocycles. The fourth-order valence-electron chi connectivity index (χ4n) is 1.82. The van der Waals surface area contributed by atoms with Crippen LogP contribution in [0.25, 0.3) is 0 Å². The average Bonchev–Trinajstić information content (AvgIpc) is 2.49. The summed E-state index contributed by atoms with van der Waals surface area (Å²) in [4.78, 5) is 27.3. The molecule has 6 heteroatoms. The van der Waals surface area contributed by atoms with E-state index in [1.165, 1.54) is 0 Å². The van der Waals surface area contributed by atoms with Gasteiger partial charge in [-0.1, -0.05) is 0 Å². The van der Waals surface area contributed by atoms with E-state index in [0.717, 1.165) is 19.3 Å². The molecule has 0 aromatic heterocycles. The number of carbonyl (C=O) groups excluding carboxylic acids is 2. The minimum atomic E-state index is -0.568. The summed E-state index contributed by atoms with van der Waals surface area (Å²) in [5.41, 5.74) is 7.75. The summed E-state index contributed by atoms with van der Waals surface area (Å²) in [6.45, 7) is 0.183. The van der Waals surface area contributed by atoms with Crippen molar-refractivity contribution in [1.29, 1.82) is 0 Å². The summed E-state index contributed by atoms with van der Waals surface area (Å²) >= 11 is 0.